The molecule has 0 saturated heterocycles. The SMILES string of the molecule is COc1ncc(C(=O)[O-])s1. The summed E-state index contributed by atoms with van der Waals surface area (Å²) in [6.07, 6.45) is 1.21. The van der Waals surface area contributed by atoms with E-state index in [0.717, 1.165) is 11.3 Å². The Morgan fingerprint density at radius 3 is 2.90 bits per heavy atom. The lowest BCUT2D eigenvalue weighted by molar-refractivity contribution is -0.254. The quantitative estimate of drug-likeness (QED) is 0.583. The number of nitrogens with zero attached hydrogens (tertiary/aromatic N) is 1. The van der Waals surface area contributed by atoms with E-state index in [1.54, 1.807) is 0 Å². The largest absolute Gasteiger partial charge is 0.544 e. The third-order valence-electron chi connectivity index (χ3n) is 0.860. The predicted octanol–water partition coefficient (Wildman–Crippen LogP) is -0.485. The van der Waals surface area contributed by atoms with Crippen LogP contribution in [0.15, 0.2) is 6.20 Å². The first-order chi connectivity index (χ1) is 4.74. The van der Waals surface area contributed by atoms with Crippen LogP contribution in [-0.4, -0.2) is 18.1 Å². The number of carbonyl (C=O) groups is 1. The van der Waals surface area contributed by atoms with Gasteiger partial charge in [0.25, 0.3) is 5.19 Å². The molecule has 1 aromatic heterocycles. The highest BCUT2D eigenvalue weighted by molar-refractivity contribution is 7.15. The summed E-state index contributed by atoms with van der Waals surface area (Å²) in [6.45, 7) is 0. The third kappa shape index (κ3) is 1.24. The molecule has 0 spiro atoms. The number of hydrogen-bond donors (Lipinski definition) is 0. The van der Waals surface area contributed by atoms with Crippen LogP contribution in [0.4, 0.5) is 0 Å². The molecule has 0 amide bonds. The zero-order valence-corrected chi connectivity index (χ0v) is 5.97. The van der Waals surface area contributed by atoms with Crippen LogP contribution in [-0.2, 0) is 0 Å². The van der Waals surface area contributed by atoms with E-state index in [2.05, 4.69) is 9.72 Å². The number of carbonyl (C=O) groups excluding carboxylic acids is 1. The molecule has 4 nitrogen and oxygen atoms in total. The molecule has 0 saturated carbocycles. The predicted molar refractivity (Wildman–Crippen MR) is 33.0 cm³/mol. The zero-order valence-electron chi connectivity index (χ0n) is 5.16. The summed E-state index contributed by atoms with van der Waals surface area (Å²) in [5, 5.41) is 10.5. The van der Waals surface area contributed by atoms with Crippen molar-refractivity contribution in [1.29, 1.82) is 0 Å². The molecule has 0 aliphatic heterocycles. The summed E-state index contributed by atoms with van der Waals surface area (Å²) in [7, 11) is 1.43. The minimum Gasteiger partial charge on any atom is -0.544 e. The summed E-state index contributed by atoms with van der Waals surface area (Å²) >= 11 is 0.946. The van der Waals surface area contributed by atoms with Crippen LogP contribution in [0.2, 0.25) is 0 Å². The normalized spacial score (nSPS) is 9.30. The standard InChI is InChI=1S/C5H5NO3S/c1-9-5-6-2-3(10-5)4(7)8/h2H,1H3,(H,7,8)/p-1. The second kappa shape index (κ2) is 2.66. The summed E-state index contributed by atoms with van der Waals surface area (Å²) in [6, 6.07) is 0. The Hall–Kier alpha value is -1.10. The van der Waals surface area contributed by atoms with E-state index in [-0.39, 0.29) is 4.88 Å². The van der Waals surface area contributed by atoms with Crippen molar-refractivity contribution in [3.8, 4) is 5.19 Å². The summed E-state index contributed by atoms with van der Waals surface area (Å²) in [5.74, 6) is -1.22. The third-order valence-corrected chi connectivity index (χ3v) is 1.80. The van der Waals surface area contributed by atoms with Crippen molar-refractivity contribution in [2.24, 2.45) is 0 Å². The number of aromatic carboxylic acids is 1. The highest BCUT2D eigenvalue weighted by Crippen LogP contribution is 2.18. The molecule has 1 aromatic rings. The lowest BCUT2D eigenvalue weighted by Crippen LogP contribution is -2.20. The fourth-order valence-corrected chi connectivity index (χ4v) is 1.01. The van der Waals surface area contributed by atoms with Gasteiger partial charge in [0, 0.05) is 0 Å². The van der Waals surface area contributed by atoms with Gasteiger partial charge in [-0.3, -0.25) is 0 Å². The van der Waals surface area contributed by atoms with E-state index in [1.807, 2.05) is 0 Å². The van der Waals surface area contributed by atoms with Crippen LogP contribution in [0.3, 0.4) is 0 Å². The average molecular weight is 158 g/mol. The fraction of sp³-hybridized carbons (Fsp3) is 0.200. The molecule has 10 heavy (non-hydrogen) atoms. The molecule has 5 heteroatoms. The Kier molecular flexibility index (Phi) is 1.86. The Labute approximate surface area is 61.1 Å². The number of carboxylic acids is 1. The number of carboxylic acid groups (broad SMARTS) is 1. The van der Waals surface area contributed by atoms with E-state index < -0.39 is 5.97 Å². The van der Waals surface area contributed by atoms with Gasteiger partial charge < -0.3 is 14.6 Å². The summed E-state index contributed by atoms with van der Waals surface area (Å²) in [4.78, 5) is 13.8. The molecule has 0 radical (unpaired) electrons. The van der Waals surface area contributed by atoms with Crippen LogP contribution in [0.25, 0.3) is 0 Å². The molecule has 0 atom stereocenters. The molecule has 1 rings (SSSR count). The van der Waals surface area contributed by atoms with Crippen molar-refractivity contribution in [1.82, 2.24) is 4.98 Å². The first kappa shape index (κ1) is 7.01. The van der Waals surface area contributed by atoms with Crippen LogP contribution in [0.5, 0.6) is 5.19 Å². The maximum absolute atomic E-state index is 10.1. The van der Waals surface area contributed by atoms with Crippen LogP contribution < -0.4 is 9.84 Å². The smallest absolute Gasteiger partial charge is 0.273 e. The molecule has 1 heterocycles. The van der Waals surface area contributed by atoms with Crippen LogP contribution >= 0.6 is 11.3 Å². The summed E-state index contributed by atoms with van der Waals surface area (Å²) in [5.41, 5.74) is 0. The Bertz CT molecular complexity index is 245. The molecule has 0 unspecified atom stereocenters. The van der Waals surface area contributed by atoms with Gasteiger partial charge >= 0.3 is 0 Å². The minimum atomic E-state index is -1.22. The molecule has 0 N–H and O–H groups in total. The van der Waals surface area contributed by atoms with Gasteiger partial charge in [0.15, 0.2) is 0 Å². The number of rotatable bonds is 2. The first-order valence-corrected chi connectivity index (χ1v) is 3.27. The van der Waals surface area contributed by atoms with E-state index in [9.17, 15) is 9.90 Å². The molecule has 0 fully saturated rings. The maximum Gasteiger partial charge on any atom is 0.273 e. The molecule has 54 valence electrons. The van der Waals surface area contributed by atoms with Crippen LogP contribution in [0.1, 0.15) is 9.67 Å². The van der Waals surface area contributed by atoms with E-state index >= 15 is 0 Å². The molecule has 0 bridgehead atoms. The van der Waals surface area contributed by atoms with Gasteiger partial charge in [-0.15, -0.1) is 0 Å². The van der Waals surface area contributed by atoms with Gasteiger partial charge in [0.1, 0.15) is 0 Å². The van der Waals surface area contributed by atoms with Crippen molar-refractivity contribution >= 4 is 17.3 Å². The van der Waals surface area contributed by atoms with Gasteiger partial charge in [0.05, 0.1) is 24.2 Å². The number of ether oxygens (including phenoxy) is 1. The van der Waals surface area contributed by atoms with Gasteiger partial charge in [0.2, 0.25) is 0 Å². The van der Waals surface area contributed by atoms with Gasteiger partial charge in [-0.1, -0.05) is 11.3 Å². The number of aromatic nitrogens is 1. The first-order valence-electron chi connectivity index (χ1n) is 2.45. The van der Waals surface area contributed by atoms with E-state index in [1.165, 1.54) is 13.3 Å². The number of thiazole rings is 1. The second-order valence-corrected chi connectivity index (χ2v) is 2.48. The molecule has 0 aliphatic rings. The Balaban J connectivity index is 2.88. The lowest BCUT2D eigenvalue weighted by atomic mass is 10.6. The van der Waals surface area contributed by atoms with Crippen LogP contribution in [0, 0.1) is 0 Å². The molecular formula is C5H4NO3S-. The Morgan fingerprint density at radius 1 is 1.90 bits per heavy atom. The zero-order chi connectivity index (χ0) is 7.56. The van der Waals surface area contributed by atoms with E-state index in [0.29, 0.717) is 5.19 Å². The highest BCUT2D eigenvalue weighted by atomic mass is 32.1. The number of methoxy groups -OCH3 is 1. The highest BCUT2D eigenvalue weighted by Gasteiger charge is 2.00. The molecule has 0 aromatic carbocycles. The fourth-order valence-electron chi connectivity index (χ4n) is 0.447. The lowest BCUT2D eigenvalue weighted by Gasteiger charge is -1.91. The van der Waals surface area contributed by atoms with Crippen molar-refractivity contribution in [3.05, 3.63) is 11.1 Å². The van der Waals surface area contributed by atoms with Crippen molar-refractivity contribution in [3.63, 3.8) is 0 Å². The number of hydrogen-bond acceptors (Lipinski definition) is 5. The average Bonchev–Trinajstić information content (AvgIpc) is 2.34. The van der Waals surface area contributed by atoms with E-state index in [4.69, 9.17) is 0 Å². The van der Waals surface area contributed by atoms with Crippen molar-refractivity contribution in [2.45, 2.75) is 0 Å². The molecular weight excluding hydrogens is 154 g/mol. The second-order valence-electron chi connectivity index (χ2n) is 1.48. The van der Waals surface area contributed by atoms with Gasteiger partial charge in [-0.25, -0.2) is 4.98 Å². The monoisotopic (exact) mass is 158 g/mol. The van der Waals surface area contributed by atoms with Crippen molar-refractivity contribution < 1.29 is 14.6 Å². The van der Waals surface area contributed by atoms with Crippen molar-refractivity contribution in [2.75, 3.05) is 7.11 Å². The van der Waals surface area contributed by atoms with Gasteiger partial charge in [-0.2, -0.15) is 0 Å². The molecule has 0 aliphatic carbocycles. The van der Waals surface area contributed by atoms with Gasteiger partial charge in [-0.05, 0) is 0 Å². The minimum absolute atomic E-state index is 0.0804. The maximum atomic E-state index is 10.1. The summed E-state index contributed by atoms with van der Waals surface area (Å²) < 4.78 is 4.66. The topological polar surface area (TPSA) is 62.2 Å². The Morgan fingerprint density at radius 2 is 2.60 bits per heavy atom.